The molecular weight excluding hydrogens is 304 g/mol. The summed E-state index contributed by atoms with van der Waals surface area (Å²) in [4.78, 5) is 10.8. The Morgan fingerprint density at radius 2 is 1.74 bits per heavy atom. The summed E-state index contributed by atoms with van der Waals surface area (Å²) in [5.74, 6) is 0. The van der Waals surface area contributed by atoms with Crippen molar-refractivity contribution in [1.82, 2.24) is 4.57 Å². The quantitative estimate of drug-likeness (QED) is 0.356. The van der Waals surface area contributed by atoms with Crippen LogP contribution in [0.2, 0.25) is 25.7 Å². The van der Waals surface area contributed by atoms with Gasteiger partial charge in [-0.2, -0.15) is 0 Å². The minimum absolute atomic E-state index is 0.155. The molecule has 2 aromatic carbocycles. The number of aryl methyl sites for hydroxylation is 1. The Hall–Kier alpha value is -2.14. The van der Waals surface area contributed by atoms with E-state index in [1.54, 1.807) is 12.1 Å². The van der Waals surface area contributed by atoms with E-state index in [1.807, 2.05) is 18.2 Å². The normalized spacial score (nSPS) is 12.1. The van der Waals surface area contributed by atoms with E-state index in [4.69, 9.17) is 0 Å². The van der Waals surface area contributed by atoms with E-state index in [2.05, 4.69) is 36.3 Å². The fourth-order valence-corrected chi connectivity index (χ4v) is 4.38. The Balaban J connectivity index is 2.09. The highest BCUT2D eigenvalue weighted by molar-refractivity contribution is 6.76. The van der Waals surface area contributed by atoms with Crippen LogP contribution in [0.1, 0.15) is 6.42 Å². The molecule has 0 atom stereocenters. The second-order valence-electron chi connectivity index (χ2n) is 7.29. The van der Waals surface area contributed by atoms with Crippen molar-refractivity contribution in [3.05, 3.63) is 52.6 Å². The van der Waals surface area contributed by atoms with Crippen molar-refractivity contribution < 1.29 is 4.92 Å². The third-order valence-corrected chi connectivity index (χ3v) is 6.13. The Labute approximate surface area is 136 Å². The van der Waals surface area contributed by atoms with Gasteiger partial charge in [0.25, 0.3) is 5.69 Å². The van der Waals surface area contributed by atoms with Crippen LogP contribution in [-0.4, -0.2) is 17.6 Å². The van der Waals surface area contributed by atoms with Crippen LogP contribution in [0.15, 0.2) is 42.5 Å². The van der Waals surface area contributed by atoms with Gasteiger partial charge in [0.2, 0.25) is 0 Å². The van der Waals surface area contributed by atoms with E-state index in [9.17, 15) is 10.1 Å². The zero-order chi connectivity index (χ0) is 16.6. The van der Waals surface area contributed by atoms with E-state index in [0.29, 0.717) is 0 Å². The molecule has 120 valence electrons. The van der Waals surface area contributed by atoms with E-state index in [-0.39, 0.29) is 10.6 Å². The van der Waals surface area contributed by atoms with E-state index in [1.165, 1.54) is 11.6 Å². The summed E-state index contributed by atoms with van der Waals surface area (Å²) >= 11 is 0. The molecule has 1 aromatic heterocycles. The van der Waals surface area contributed by atoms with Crippen LogP contribution in [0.4, 0.5) is 5.69 Å². The average molecular weight is 326 g/mol. The minimum atomic E-state index is -1.05. The van der Waals surface area contributed by atoms with Gasteiger partial charge in [-0.05, 0) is 18.6 Å². The topological polar surface area (TPSA) is 48.1 Å². The number of hydrogen-bond acceptors (Lipinski definition) is 2. The standard InChI is InChI=1S/C18H22N2O2Si/c1-23(2,3)12-6-11-19-17-8-5-4-7-15(17)16-13-14(20(21)22)9-10-18(16)19/h4-5,7-10,13H,6,11-12H2,1-3H3. The zero-order valence-corrected chi connectivity index (χ0v) is 14.9. The molecule has 0 saturated heterocycles. The van der Waals surface area contributed by atoms with Crippen molar-refractivity contribution in [1.29, 1.82) is 0 Å². The van der Waals surface area contributed by atoms with Gasteiger partial charge >= 0.3 is 0 Å². The summed E-state index contributed by atoms with van der Waals surface area (Å²) in [5, 5.41) is 13.1. The van der Waals surface area contributed by atoms with E-state index in [0.717, 1.165) is 29.3 Å². The molecule has 0 saturated carbocycles. The minimum Gasteiger partial charge on any atom is -0.340 e. The number of aromatic nitrogens is 1. The number of nitro groups is 1. The number of hydrogen-bond donors (Lipinski definition) is 0. The Morgan fingerprint density at radius 1 is 1.04 bits per heavy atom. The first-order valence-corrected chi connectivity index (χ1v) is 11.7. The summed E-state index contributed by atoms with van der Waals surface area (Å²) in [5.41, 5.74) is 2.41. The van der Waals surface area contributed by atoms with Gasteiger partial charge < -0.3 is 4.57 Å². The van der Waals surface area contributed by atoms with Crippen LogP contribution in [0.3, 0.4) is 0 Å². The number of fused-ring (bicyclic) bond motifs is 3. The largest absolute Gasteiger partial charge is 0.340 e. The predicted octanol–water partition coefficient (Wildman–Crippen LogP) is 5.43. The van der Waals surface area contributed by atoms with Crippen LogP contribution >= 0.6 is 0 Å². The smallest absolute Gasteiger partial charge is 0.270 e. The van der Waals surface area contributed by atoms with Gasteiger partial charge in [0.05, 0.1) is 4.92 Å². The fourth-order valence-electron chi connectivity index (χ4n) is 3.16. The van der Waals surface area contributed by atoms with Crippen molar-refractivity contribution in [3.8, 4) is 0 Å². The van der Waals surface area contributed by atoms with Gasteiger partial charge in [-0.25, -0.2) is 0 Å². The SMILES string of the molecule is C[Si](C)(C)CCCn1c2ccccc2c2cc([N+](=O)[O-])ccc21. The molecule has 0 aliphatic rings. The third-order valence-electron chi connectivity index (χ3n) is 4.28. The van der Waals surface area contributed by atoms with Crippen molar-refractivity contribution in [2.24, 2.45) is 0 Å². The lowest BCUT2D eigenvalue weighted by Gasteiger charge is -2.16. The molecule has 0 fully saturated rings. The maximum atomic E-state index is 11.1. The maximum Gasteiger partial charge on any atom is 0.270 e. The van der Waals surface area contributed by atoms with Gasteiger partial charge in [0.1, 0.15) is 0 Å². The van der Waals surface area contributed by atoms with Crippen LogP contribution in [0, 0.1) is 10.1 Å². The summed E-state index contributed by atoms with van der Waals surface area (Å²) < 4.78 is 2.31. The average Bonchev–Trinajstić information content (AvgIpc) is 2.80. The lowest BCUT2D eigenvalue weighted by atomic mass is 10.1. The summed E-state index contributed by atoms with van der Waals surface area (Å²) in [6, 6.07) is 14.7. The molecule has 5 heteroatoms. The first-order valence-electron chi connectivity index (χ1n) is 8.02. The highest BCUT2D eigenvalue weighted by Gasteiger charge is 2.16. The Morgan fingerprint density at radius 3 is 2.43 bits per heavy atom. The molecule has 0 amide bonds. The second kappa shape index (κ2) is 5.81. The number of nitrogens with zero attached hydrogens (tertiary/aromatic N) is 2. The molecule has 0 N–H and O–H groups in total. The van der Waals surface area contributed by atoms with Crippen LogP contribution in [-0.2, 0) is 6.54 Å². The van der Waals surface area contributed by atoms with Crippen molar-refractivity contribution in [3.63, 3.8) is 0 Å². The molecule has 23 heavy (non-hydrogen) atoms. The lowest BCUT2D eigenvalue weighted by Crippen LogP contribution is -2.19. The van der Waals surface area contributed by atoms with Crippen molar-refractivity contribution in [2.75, 3.05) is 0 Å². The fraction of sp³-hybridized carbons (Fsp3) is 0.333. The molecule has 1 heterocycles. The van der Waals surface area contributed by atoms with Crippen LogP contribution in [0.5, 0.6) is 0 Å². The van der Waals surface area contributed by atoms with E-state index < -0.39 is 8.07 Å². The molecular formula is C18H22N2O2Si. The first-order chi connectivity index (χ1) is 10.9. The number of non-ortho nitro benzene ring substituents is 1. The van der Waals surface area contributed by atoms with Gasteiger partial charge in [-0.3, -0.25) is 10.1 Å². The van der Waals surface area contributed by atoms with Crippen molar-refractivity contribution >= 4 is 35.6 Å². The number of rotatable bonds is 5. The first kappa shape index (κ1) is 15.7. The molecule has 0 bridgehead atoms. The van der Waals surface area contributed by atoms with Crippen LogP contribution in [0.25, 0.3) is 21.8 Å². The Bertz CT molecular complexity index is 878. The molecule has 3 rings (SSSR count). The number of para-hydroxylation sites is 1. The maximum absolute atomic E-state index is 11.1. The predicted molar refractivity (Wildman–Crippen MR) is 98.9 cm³/mol. The summed E-state index contributed by atoms with van der Waals surface area (Å²) in [6.45, 7) is 8.14. The van der Waals surface area contributed by atoms with Gasteiger partial charge in [0.15, 0.2) is 0 Å². The summed E-state index contributed by atoms with van der Waals surface area (Å²) in [7, 11) is -1.05. The molecule has 0 spiro atoms. The van der Waals surface area contributed by atoms with Crippen molar-refractivity contribution in [2.45, 2.75) is 38.7 Å². The van der Waals surface area contributed by atoms with Gasteiger partial charge in [-0.15, -0.1) is 0 Å². The number of nitro benzene ring substituents is 1. The monoisotopic (exact) mass is 326 g/mol. The zero-order valence-electron chi connectivity index (χ0n) is 13.9. The van der Waals surface area contributed by atoms with Gasteiger partial charge in [-0.1, -0.05) is 43.9 Å². The molecule has 0 aliphatic carbocycles. The highest BCUT2D eigenvalue weighted by Crippen LogP contribution is 2.32. The highest BCUT2D eigenvalue weighted by atomic mass is 28.3. The van der Waals surface area contributed by atoms with Gasteiger partial charge in [0, 0.05) is 48.6 Å². The summed E-state index contributed by atoms with van der Waals surface area (Å²) in [6.07, 6.45) is 1.15. The second-order valence-corrected chi connectivity index (χ2v) is 12.9. The lowest BCUT2D eigenvalue weighted by molar-refractivity contribution is -0.384. The molecule has 4 nitrogen and oxygen atoms in total. The Kier molecular flexibility index (Phi) is 3.98. The molecule has 0 unspecified atom stereocenters. The third kappa shape index (κ3) is 3.15. The van der Waals surface area contributed by atoms with Crippen LogP contribution < -0.4 is 0 Å². The molecule has 3 aromatic rings. The molecule has 0 aliphatic heterocycles. The number of benzene rings is 2. The molecule has 0 radical (unpaired) electrons. The van der Waals surface area contributed by atoms with E-state index >= 15 is 0 Å².